The van der Waals surface area contributed by atoms with Crippen molar-refractivity contribution in [3.05, 3.63) is 99.0 Å². The number of fused-ring (bicyclic) bond motifs is 1. The molecule has 3 aromatic carbocycles. The minimum Gasteiger partial charge on any atom is -0.507 e. The van der Waals surface area contributed by atoms with Crippen LogP contribution in [-0.4, -0.2) is 28.1 Å². The Morgan fingerprint density at radius 2 is 1.85 bits per heavy atom. The molecular formula is C26H23N3O4. The number of aromatic amines is 1. The van der Waals surface area contributed by atoms with Gasteiger partial charge in [-0.1, -0.05) is 18.2 Å². The van der Waals surface area contributed by atoms with Crippen LogP contribution in [0.3, 0.4) is 0 Å². The molecule has 0 fully saturated rings. The van der Waals surface area contributed by atoms with Gasteiger partial charge < -0.3 is 20.1 Å². The van der Waals surface area contributed by atoms with Gasteiger partial charge in [0.25, 0.3) is 11.5 Å². The minimum absolute atomic E-state index is 0.0511. The number of carbonyl (C=O) groups excluding carboxylic acids is 1. The topological polar surface area (TPSA) is 104 Å². The lowest BCUT2D eigenvalue weighted by atomic mass is 10.1. The molecule has 4 aromatic rings. The molecule has 1 heterocycles. The van der Waals surface area contributed by atoms with Crippen LogP contribution in [0.4, 0.5) is 5.69 Å². The molecule has 1 aromatic heterocycles. The fourth-order valence-electron chi connectivity index (χ4n) is 3.36. The molecule has 1 amide bonds. The third kappa shape index (κ3) is 4.77. The Labute approximate surface area is 190 Å². The number of ether oxygens (including phenoxy) is 1. The quantitative estimate of drug-likeness (QED) is 0.384. The maximum absolute atomic E-state index is 12.7. The van der Waals surface area contributed by atoms with Gasteiger partial charge in [0.1, 0.15) is 17.2 Å². The highest BCUT2D eigenvalue weighted by molar-refractivity contribution is 6.06. The number of rotatable bonds is 5. The summed E-state index contributed by atoms with van der Waals surface area (Å²) in [6.07, 6.45) is 1.30. The van der Waals surface area contributed by atoms with E-state index in [0.29, 0.717) is 33.6 Å². The van der Waals surface area contributed by atoms with Crippen LogP contribution in [-0.2, 0) is 0 Å². The number of hydrogen-bond donors (Lipinski definition) is 3. The van der Waals surface area contributed by atoms with Crippen molar-refractivity contribution in [2.75, 3.05) is 12.4 Å². The number of nitrogens with zero attached hydrogens (tertiary/aromatic N) is 1. The molecule has 33 heavy (non-hydrogen) atoms. The van der Waals surface area contributed by atoms with Crippen LogP contribution < -0.4 is 15.6 Å². The number of nitrogens with one attached hydrogen (secondary N) is 2. The van der Waals surface area contributed by atoms with E-state index >= 15 is 0 Å². The summed E-state index contributed by atoms with van der Waals surface area (Å²) in [5.74, 6) is 0.177. The first-order valence-electron chi connectivity index (χ1n) is 10.3. The van der Waals surface area contributed by atoms with Gasteiger partial charge in [-0.25, -0.2) is 4.98 Å². The zero-order valence-electron chi connectivity index (χ0n) is 18.5. The lowest BCUT2D eigenvalue weighted by Crippen LogP contribution is -2.14. The molecule has 0 saturated heterocycles. The van der Waals surface area contributed by atoms with Gasteiger partial charge in [0.15, 0.2) is 0 Å². The van der Waals surface area contributed by atoms with E-state index in [2.05, 4.69) is 15.3 Å². The highest BCUT2D eigenvalue weighted by Gasteiger charge is 2.11. The number of aromatic nitrogens is 2. The van der Waals surface area contributed by atoms with E-state index in [1.165, 1.54) is 13.2 Å². The molecule has 166 valence electrons. The molecule has 0 unspecified atom stereocenters. The van der Waals surface area contributed by atoms with Crippen LogP contribution in [0.1, 0.15) is 32.7 Å². The van der Waals surface area contributed by atoms with Crippen LogP contribution >= 0.6 is 0 Å². The fraction of sp³-hybridized carbons (Fsp3) is 0.115. The minimum atomic E-state index is -0.483. The maximum atomic E-state index is 12.7. The van der Waals surface area contributed by atoms with Gasteiger partial charge in [-0.2, -0.15) is 0 Å². The summed E-state index contributed by atoms with van der Waals surface area (Å²) < 4.78 is 5.16. The Balaban J connectivity index is 1.62. The second-order valence-electron chi connectivity index (χ2n) is 7.70. The molecule has 7 nitrogen and oxygen atoms in total. The molecule has 4 rings (SSSR count). The predicted octanol–water partition coefficient (Wildman–Crippen LogP) is 4.86. The van der Waals surface area contributed by atoms with Crippen molar-refractivity contribution in [2.24, 2.45) is 0 Å². The van der Waals surface area contributed by atoms with Crippen molar-refractivity contribution in [3.63, 3.8) is 0 Å². The number of aliphatic hydroxyl groups excluding tert-OH is 1. The molecular weight excluding hydrogens is 418 g/mol. The Hall–Kier alpha value is -4.39. The molecule has 0 aliphatic carbocycles. The average Bonchev–Trinajstić information content (AvgIpc) is 2.81. The number of aliphatic hydroxyl groups is 1. The normalized spacial score (nSPS) is 11.4. The van der Waals surface area contributed by atoms with Crippen LogP contribution in [0.25, 0.3) is 22.9 Å². The number of anilines is 1. The number of H-pyrrole nitrogens is 1. The summed E-state index contributed by atoms with van der Waals surface area (Å²) >= 11 is 0. The SMILES string of the molecule is COc1cccc(/C(O)=C/c2nc3ccc(C(=O)Nc4ccc(C)c(C)c4)cc3[nH]c2=O)c1. The van der Waals surface area contributed by atoms with E-state index in [1.54, 1.807) is 42.5 Å². The van der Waals surface area contributed by atoms with Gasteiger partial charge in [0.05, 0.1) is 18.1 Å². The van der Waals surface area contributed by atoms with Gasteiger partial charge >= 0.3 is 0 Å². The monoisotopic (exact) mass is 441 g/mol. The van der Waals surface area contributed by atoms with Crippen molar-refractivity contribution in [1.29, 1.82) is 0 Å². The molecule has 0 aliphatic rings. The lowest BCUT2D eigenvalue weighted by Gasteiger charge is -2.08. The Bertz CT molecular complexity index is 1450. The Morgan fingerprint density at radius 1 is 1.03 bits per heavy atom. The van der Waals surface area contributed by atoms with Crippen molar-refractivity contribution in [2.45, 2.75) is 13.8 Å². The van der Waals surface area contributed by atoms with E-state index in [1.807, 2.05) is 32.0 Å². The molecule has 0 spiro atoms. The second kappa shape index (κ2) is 9.00. The van der Waals surface area contributed by atoms with Crippen LogP contribution in [0, 0.1) is 13.8 Å². The van der Waals surface area contributed by atoms with Crippen molar-refractivity contribution in [1.82, 2.24) is 9.97 Å². The Kier molecular flexibility index (Phi) is 5.95. The maximum Gasteiger partial charge on any atom is 0.274 e. The second-order valence-corrected chi connectivity index (χ2v) is 7.70. The first-order chi connectivity index (χ1) is 15.8. The zero-order chi connectivity index (χ0) is 23.5. The van der Waals surface area contributed by atoms with Gasteiger partial charge in [-0.15, -0.1) is 0 Å². The number of amides is 1. The molecule has 0 radical (unpaired) electrons. The standard InChI is InChI=1S/C26H23N3O4/c1-15-7-9-19(11-16(15)2)27-25(31)18-8-10-21-22(13-18)29-26(32)23(28-21)14-24(30)17-5-4-6-20(12-17)33-3/h4-14,30H,1-3H3,(H,27,31)(H,29,32)/b24-14-. The molecule has 7 heteroatoms. The third-order valence-electron chi connectivity index (χ3n) is 5.38. The fourth-order valence-corrected chi connectivity index (χ4v) is 3.36. The van der Waals surface area contributed by atoms with E-state index in [-0.39, 0.29) is 17.4 Å². The summed E-state index contributed by atoms with van der Waals surface area (Å²) in [6.45, 7) is 3.99. The molecule has 0 saturated carbocycles. The predicted molar refractivity (Wildman–Crippen MR) is 130 cm³/mol. The summed E-state index contributed by atoms with van der Waals surface area (Å²) in [4.78, 5) is 32.3. The molecule has 0 aliphatic heterocycles. The average molecular weight is 441 g/mol. The molecule has 0 bridgehead atoms. The lowest BCUT2D eigenvalue weighted by molar-refractivity contribution is 0.102. The largest absolute Gasteiger partial charge is 0.507 e. The zero-order valence-corrected chi connectivity index (χ0v) is 18.5. The van der Waals surface area contributed by atoms with Crippen LogP contribution in [0.2, 0.25) is 0 Å². The third-order valence-corrected chi connectivity index (χ3v) is 5.38. The van der Waals surface area contributed by atoms with E-state index in [4.69, 9.17) is 4.74 Å². The summed E-state index contributed by atoms with van der Waals surface area (Å²) in [5.41, 5.74) is 4.28. The van der Waals surface area contributed by atoms with Gasteiger partial charge in [0, 0.05) is 22.9 Å². The van der Waals surface area contributed by atoms with Gasteiger partial charge in [-0.05, 0) is 67.4 Å². The van der Waals surface area contributed by atoms with E-state index in [9.17, 15) is 14.7 Å². The van der Waals surface area contributed by atoms with E-state index < -0.39 is 5.56 Å². The van der Waals surface area contributed by atoms with E-state index in [0.717, 1.165) is 11.1 Å². The summed E-state index contributed by atoms with van der Waals surface area (Å²) in [5, 5.41) is 13.3. The van der Waals surface area contributed by atoms with Crippen molar-refractivity contribution in [3.8, 4) is 5.75 Å². The summed E-state index contributed by atoms with van der Waals surface area (Å²) in [7, 11) is 1.53. The molecule has 3 N–H and O–H groups in total. The number of carbonyl (C=O) groups is 1. The number of hydrogen-bond acceptors (Lipinski definition) is 5. The van der Waals surface area contributed by atoms with Gasteiger partial charge in [-0.3, -0.25) is 9.59 Å². The summed E-state index contributed by atoms with van der Waals surface area (Å²) in [6, 6.07) is 17.4. The number of benzene rings is 3. The highest BCUT2D eigenvalue weighted by Crippen LogP contribution is 2.20. The van der Waals surface area contributed by atoms with Crippen LogP contribution in [0.5, 0.6) is 5.75 Å². The Morgan fingerprint density at radius 3 is 2.61 bits per heavy atom. The van der Waals surface area contributed by atoms with Gasteiger partial charge in [0.2, 0.25) is 0 Å². The first-order valence-corrected chi connectivity index (χ1v) is 10.3. The molecule has 0 atom stereocenters. The number of methoxy groups -OCH3 is 1. The smallest absolute Gasteiger partial charge is 0.274 e. The first kappa shape index (κ1) is 21.8. The van der Waals surface area contributed by atoms with Crippen molar-refractivity contribution < 1.29 is 14.6 Å². The number of aryl methyl sites for hydroxylation is 2. The van der Waals surface area contributed by atoms with Crippen LogP contribution in [0.15, 0.2) is 65.5 Å². The van der Waals surface area contributed by atoms with Crippen molar-refractivity contribution >= 4 is 34.5 Å². The highest BCUT2D eigenvalue weighted by atomic mass is 16.5.